The molecular formula is C18H18ClF3N2O3S. The van der Waals surface area contributed by atoms with E-state index in [0.717, 1.165) is 34.8 Å². The number of nitrogens with one attached hydrogen (secondary N) is 1. The molecule has 152 valence electrons. The van der Waals surface area contributed by atoms with Crippen molar-refractivity contribution in [2.24, 2.45) is 0 Å². The Kier molecular flexibility index (Phi) is 6.95. The molecule has 0 aliphatic carbocycles. The Labute approximate surface area is 166 Å². The summed E-state index contributed by atoms with van der Waals surface area (Å²) in [7, 11) is -3.57. The van der Waals surface area contributed by atoms with Crippen molar-refractivity contribution in [3.8, 4) is 0 Å². The van der Waals surface area contributed by atoms with Crippen molar-refractivity contribution in [1.29, 1.82) is 0 Å². The number of carbonyl (C=O) groups is 1. The normalized spacial score (nSPS) is 11.9. The van der Waals surface area contributed by atoms with Crippen molar-refractivity contribution in [2.45, 2.75) is 19.0 Å². The third-order valence-electron chi connectivity index (χ3n) is 3.76. The molecule has 2 aromatic carbocycles. The zero-order valence-electron chi connectivity index (χ0n) is 14.8. The molecule has 0 aliphatic heterocycles. The Bertz CT molecular complexity index is 932. The number of halogens is 4. The number of sulfonamides is 1. The number of hydrogen-bond acceptors (Lipinski definition) is 3. The Morgan fingerprint density at radius 2 is 1.79 bits per heavy atom. The largest absolute Gasteiger partial charge is 0.416 e. The van der Waals surface area contributed by atoms with Crippen LogP contribution in [0.2, 0.25) is 5.02 Å². The van der Waals surface area contributed by atoms with Gasteiger partial charge in [-0.05, 0) is 48.9 Å². The lowest BCUT2D eigenvalue weighted by molar-refractivity contribution is -0.137. The minimum absolute atomic E-state index is 0.00634. The van der Waals surface area contributed by atoms with E-state index in [9.17, 15) is 26.4 Å². The zero-order chi connectivity index (χ0) is 20.9. The van der Waals surface area contributed by atoms with E-state index in [-0.39, 0.29) is 25.1 Å². The molecule has 0 bridgehead atoms. The second-order valence-corrected chi connectivity index (χ2v) is 8.39. The van der Waals surface area contributed by atoms with Crippen LogP contribution in [0.25, 0.3) is 0 Å². The van der Waals surface area contributed by atoms with Gasteiger partial charge in [0.05, 0.1) is 17.5 Å². The summed E-state index contributed by atoms with van der Waals surface area (Å²) in [5.74, 6) is -0.431. The number of nitrogens with zero attached hydrogens (tertiary/aromatic N) is 1. The fourth-order valence-electron chi connectivity index (χ4n) is 2.47. The van der Waals surface area contributed by atoms with Gasteiger partial charge in [-0.2, -0.15) is 13.2 Å². The smallest absolute Gasteiger partial charge is 0.326 e. The fourth-order valence-corrected chi connectivity index (χ4v) is 3.61. The summed E-state index contributed by atoms with van der Waals surface area (Å²) >= 11 is 5.90. The summed E-state index contributed by atoms with van der Waals surface area (Å²) in [5.41, 5.74) is -0.193. The van der Waals surface area contributed by atoms with Gasteiger partial charge in [-0.15, -0.1) is 0 Å². The van der Waals surface area contributed by atoms with Gasteiger partial charge in [0.15, 0.2) is 0 Å². The Hall–Kier alpha value is -2.26. The van der Waals surface area contributed by atoms with Crippen LogP contribution in [0.1, 0.15) is 18.4 Å². The van der Waals surface area contributed by atoms with Gasteiger partial charge in [-0.3, -0.25) is 9.10 Å². The molecular weight excluding hydrogens is 417 g/mol. The molecule has 10 heteroatoms. The molecule has 0 saturated heterocycles. The average Bonchev–Trinajstić information content (AvgIpc) is 2.57. The van der Waals surface area contributed by atoms with Crippen LogP contribution in [0.5, 0.6) is 0 Å². The summed E-state index contributed by atoms with van der Waals surface area (Å²) in [6, 6.07) is 10.4. The topological polar surface area (TPSA) is 66.5 Å². The van der Waals surface area contributed by atoms with Crippen LogP contribution in [-0.2, 0) is 21.0 Å². The Morgan fingerprint density at radius 1 is 1.14 bits per heavy atom. The second-order valence-electron chi connectivity index (χ2n) is 6.04. The standard InChI is InChI=1S/C18H18ClF3N2O3S/c1-28(26,27)24(16-5-2-4-14(19)12-16)11-3-6-17(25)23-15-9-7-13(8-10-15)18(20,21)22/h2,4-5,7-10,12H,3,6,11H2,1H3,(H,23,25). The lowest BCUT2D eigenvalue weighted by Crippen LogP contribution is -2.31. The van der Waals surface area contributed by atoms with E-state index in [0.29, 0.717) is 10.7 Å². The first kappa shape index (κ1) is 22.0. The molecule has 0 spiro atoms. The molecule has 0 radical (unpaired) electrons. The van der Waals surface area contributed by atoms with Gasteiger partial charge >= 0.3 is 6.18 Å². The van der Waals surface area contributed by atoms with Crippen molar-refractivity contribution in [2.75, 3.05) is 22.4 Å². The fraction of sp³-hybridized carbons (Fsp3) is 0.278. The van der Waals surface area contributed by atoms with E-state index in [1.807, 2.05) is 0 Å². The molecule has 2 rings (SSSR count). The quantitative estimate of drug-likeness (QED) is 0.695. The van der Waals surface area contributed by atoms with E-state index in [1.165, 1.54) is 6.07 Å². The van der Waals surface area contributed by atoms with Crippen LogP contribution >= 0.6 is 11.6 Å². The molecule has 0 heterocycles. The van der Waals surface area contributed by atoms with Gasteiger partial charge in [0.1, 0.15) is 0 Å². The molecule has 0 atom stereocenters. The van der Waals surface area contributed by atoms with E-state index in [1.54, 1.807) is 18.2 Å². The molecule has 0 unspecified atom stereocenters. The number of hydrogen-bond donors (Lipinski definition) is 1. The number of carbonyl (C=O) groups excluding carboxylic acids is 1. The maximum Gasteiger partial charge on any atom is 0.416 e. The van der Waals surface area contributed by atoms with Gasteiger partial charge in [0.2, 0.25) is 15.9 Å². The summed E-state index contributed by atoms with van der Waals surface area (Å²) in [4.78, 5) is 12.0. The highest BCUT2D eigenvalue weighted by Gasteiger charge is 2.30. The molecule has 2 aromatic rings. The van der Waals surface area contributed by atoms with E-state index in [4.69, 9.17) is 11.6 Å². The molecule has 1 amide bonds. The van der Waals surface area contributed by atoms with Gasteiger partial charge in [0.25, 0.3) is 0 Å². The number of anilines is 2. The minimum Gasteiger partial charge on any atom is -0.326 e. The number of benzene rings is 2. The molecule has 28 heavy (non-hydrogen) atoms. The molecule has 1 N–H and O–H groups in total. The predicted octanol–water partition coefficient (Wildman–Crippen LogP) is 4.54. The Balaban J connectivity index is 1.94. The van der Waals surface area contributed by atoms with Crippen LogP contribution in [0.15, 0.2) is 48.5 Å². The van der Waals surface area contributed by atoms with E-state index in [2.05, 4.69) is 5.32 Å². The van der Waals surface area contributed by atoms with Gasteiger partial charge in [-0.25, -0.2) is 8.42 Å². The van der Waals surface area contributed by atoms with Crippen molar-refractivity contribution in [3.63, 3.8) is 0 Å². The van der Waals surface area contributed by atoms with Crippen molar-refractivity contribution < 1.29 is 26.4 Å². The number of rotatable bonds is 7. The molecule has 0 saturated carbocycles. The minimum atomic E-state index is -4.45. The lowest BCUT2D eigenvalue weighted by Gasteiger charge is -2.22. The SMILES string of the molecule is CS(=O)(=O)N(CCCC(=O)Nc1ccc(C(F)(F)F)cc1)c1cccc(Cl)c1. The lowest BCUT2D eigenvalue weighted by atomic mass is 10.2. The monoisotopic (exact) mass is 434 g/mol. The van der Waals surface area contributed by atoms with E-state index >= 15 is 0 Å². The molecule has 0 fully saturated rings. The van der Waals surface area contributed by atoms with Gasteiger partial charge in [0, 0.05) is 23.7 Å². The molecule has 5 nitrogen and oxygen atoms in total. The Morgan fingerprint density at radius 3 is 2.32 bits per heavy atom. The number of amides is 1. The third kappa shape index (κ3) is 6.42. The zero-order valence-corrected chi connectivity index (χ0v) is 16.4. The second kappa shape index (κ2) is 8.83. The predicted molar refractivity (Wildman–Crippen MR) is 103 cm³/mol. The van der Waals surface area contributed by atoms with Crippen LogP contribution in [-0.4, -0.2) is 27.1 Å². The first-order valence-electron chi connectivity index (χ1n) is 8.17. The molecule has 0 aromatic heterocycles. The summed E-state index contributed by atoms with van der Waals surface area (Å²) in [6.45, 7) is 0.0552. The van der Waals surface area contributed by atoms with Crippen molar-refractivity contribution in [3.05, 3.63) is 59.1 Å². The first-order valence-corrected chi connectivity index (χ1v) is 10.4. The molecule has 0 aliphatic rings. The van der Waals surface area contributed by atoms with Crippen molar-refractivity contribution >= 4 is 38.9 Å². The maximum atomic E-state index is 12.5. The summed E-state index contributed by atoms with van der Waals surface area (Å²) in [5, 5.41) is 2.87. The van der Waals surface area contributed by atoms with Crippen LogP contribution in [0, 0.1) is 0 Å². The average molecular weight is 435 g/mol. The van der Waals surface area contributed by atoms with Gasteiger partial charge < -0.3 is 5.32 Å². The third-order valence-corrected chi connectivity index (χ3v) is 5.19. The van der Waals surface area contributed by atoms with Crippen LogP contribution in [0.4, 0.5) is 24.5 Å². The maximum absolute atomic E-state index is 12.5. The summed E-state index contributed by atoms with van der Waals surface area (Å²) < 4.78 is 62.8. The van der Waals surface area contributed by atoms with Crippen LogP contribution < -0.4 is 9.62 Å². The van der Waals surface area contributed by atoms with E-state index < -0.39 is 27.7 Å². The number of alkyl halides is 3. The van der Waals surface area contributed by atoms with Crippen LogP contribution in [0.3, 0.4) is 0 Å². The highest BCUT2D eigenvalue weighted by atomic mass is 35.5. The first-order chi connectivity index (χ1) is 13.0. The highest BCUT2D eigenvalue weighted by molar-refractivity contribution is 7.92. The van der Waals surface area contributed by atoms with Gasteiger partial charge in [-0.1, -0.05) is 17.7 Å². The highest BCUT2D eigenvalue weighted by Crippen LogP contribution is 2.29. The summed E-state index contributed by atoms with van der Waals surface area (Å²) in [6.07, 6.45) is -3.19. The van der Waals surface area contributed by atoms with Crippen molar-refractivity contribution in [1.82, 2.24) is 0 Å².